The SMILES string of the molecule is CNCCN(C)Cc1ccc(F)c(N(C=O)Nc2ccc(F)cc2)c1. The van der Waals surface area contributed by atoms with Gasteiger partial charge >= 0.3 is 0 Å². The summed E-state index contributed by atoms with van der Waals surface area (Å²) in [5, 5.41) is 4.11. The Balaban J connectivity index is 2.15. The number of rotatable bonds is 9. The van der Waals surface area contributed by atoms with Crippen LogP contribution in [0.5, 0.6) is 0 Å². The lowest BCUT2D eigenvalue weighted by atomic mass is 10.1. The van der Waals surface area contributed by atoms with Crippen molar-refractivity contribution < 1.29 is 13.6 Å². The third kappa shape index (κ3) is 5.51. The van der Waals surface area contributed by atoms with Crippen LogP contribution in [0, 0.1) is 11.6 Å². The van der Waals surface area contributed by atoms with Crippen LogP contribution in [0.15, 0.2) is 42.5 Å². The van der Waals surface area contributed by atoms with Gasteiger partial charge in [-0.25, -0.2) is 13.8 Å². The van der Waals surface area contributed by atoms with E-state index in [0.717, 1.165) is 23.7 Å². The average molecular weight is 348 g/mol. The van der Waals surface area contributed by atoms with Crippen LogP contribution in [-0.2, 0) is 11.3 Å². The summed E-state index contributed by atoms with van der Waals surface area (Å²) in [5.41, 5.74) is 4.23. The van der Waals surface area contributed by atoms with Gasteiger partial charge in [0.2, 0.25) is 6.41 Å². The largest absolute Gasteiger partial charge is 0.318 e. The fraction of sp³-hybridized carbons (Fsp3) is 0.278. The van der Waals surface area contributed by atoms with Crippen LogP contribution in [0.1, 0.15) is 5.56 Å². The highest BCUT2D eigenvalue weighted by atomic mass is 19.1. The fourth-order valence-electron chi connectivity index (χ4n) is 2.34. The number of likely N-dealkylation sites (N-methyl/N-ethyl adjacent to an activating group) is 2. The van der Waals surface area contributed by atoms with Crippen LogP contribution in [0.25, 0.3) is 0 Å². The maximum atomic E-state index is 14.2. The first-order valence-corrected chi connectivity index (χ1v) is 7.92. The summed E-state index contributed by atoms with van der Waals surface area (Å²) in [7, 11) is 3.85. The lowest BCUT2D eigenvalue weighted by Crippen LogP contribution is -2.30. The first kappa shape index (κ1) is 18.8. The molecule has 0 atom stereocenters. The summed E-state index contributed by atoms with van der Waals surface area (Å²) >= 11 is 0. The molecule has 0 bridgehead atoms. The normalized spacial score (nSPS) is 10.8. The smallest absolute Gasteiger partial charge is 0.232 e. The van der Waals surface area contributed by atoms with Gasteiger partial charge in [0, 0.05) is 19.6 Å². The molecule has 2 N–H and O–H groups in total. The van der Waals surface area contributed by atoms with Crippen LogP contribution in [0.2, 0.25) is 0 Å². The molecule has 0 aliphatic rings. The van der Waals surface area contributed by atoms with Crippen molar-refractivity contribution in [2.75, 3.05) is 37.6 Å². The van der Waals surface area contributed by atoms with Crippen molar-refractivity contribution in [3.63, 3.8) is 0 Å². The van der Waals surface area contributed by atoms with E-state index in [4.69, 9.17) is 0 Å². The number of amides is 1. The summed E-state index contributed by atoms with van der Waals surface area (Å²) in [6.07, 6.45) is 0.482. The number of hydrazine groups is 1. The van der Waals surface area contributed by atoms with Crippen molar-refractivity contribution in [3.05, 3.63) is 59.7 Å². The first-order chi connectivity index (χ1) is 12.0. The third-order valence-corrected chi connectivity index (χ3v) is 3.67. The first-order valence-electron chi connectivity index (χ1n) is 7.92. The van der Waals surface area contributed by atoms with Crippen LogP contribution >= 0.6 is 0 Å². The molecule has 2 rings (SSSR count). The van der Waals surface area contributed by atoms with Gasteiger partial charge in [-0.1, -0.05) is 6.07 Å². The number of nitrogens with zero attached hydrogens (tertiary/aromatic N) is 2. The van der Waals surface area contributed by atoms with E-state index in [1.165, 1.54) is 30.3 Å². The van der Waals surface area contributed by atoms with E-state index in [9.17, 15) is 13.6 Å². The van der Waals surface area contributed by atoms with E-state index >= 15 is 0 Å². The zero-order chi connectivity index (χ0) is 18.2. The molecular weight excluding hydrogens is 326 g/mol. The number of carbonyl (C=O) groups excluding carboxylic acids is 1. The minimum atomic E-state index is -0.525. The Morgan fingerprint density at radius 3 is 2.48 bits per heavy atom. The molecule has 0 aromatic heterocycles. The van der Waals surface area contributed by atoms with Gasteiger partial charge < -0.3 is 10.2 Å². The zero-order valence-corrected chi connectivity index (χ0v) is 14.3. The summed E-state index contributed by atoms with van der Waals surface area (Å²) in [6.45, 7) is 2.31. The minimum absolute atomic E-state index is 0.110. The summed E-state index contributed by atoms with van der Waals surface area (Å²) < 4.78 is 27.2. The van der Waals surface area contributed by atoms with Crippen LogP contribution in [-0.4, -0.2) is 38.5 Å². The zero-order valence-electron chi connectivity index (χ0n) is 14.3. The summed E-state index contributed by atoms with van der Waals surface area (Å²) in [5.74, 6) is -0.913. The molecule has 0 spiro atoms. The van der Waals surface area contributed by atoms with Gasteiger partial charge in [0.15, 0.2) is 0 Å². The molecule has 0 unspecified atom stereocenters. The molecule has 2 aromatic rings. The summed E-state index contributed by atoms with van der Waals surface area (Å²) in [4.78, 5) is 13.5. The molecule has 0 heterocycles. The molecule has 1 amide bonds. The molecule has 5 nitrogen and oxygen atoms in total. The molecule has 0 radical (unpaired) electrons. The van der Waals surface area contributed by atoms with Gasteiger partial charge in [0.1, 0.15) is 17.3 Å². The third-order valence-electron chi connectivity index (χ3n) is 3.67. The van der Waals surface area contributed by atoms with E-state index in [1.807, 2.05) is 14.1 Å². The van der Waals surface area contributed by atoms with E-state index in [2.05, 4.69) is 15.6 Å². The van der Waals surface area contributed by atoms with Gasteiger partial charge in [0.25, 0.3) is 0 Å². The number of hydrogen-bond donors (Lipinski definition) is 2. The standard InChI is InChI=1S/C18H22F2N4O/c1-21-9-10-23(2)12-14-3-8-17(20)18(11-14)24(13-25)22-16-6-4-15(19)5-7-16/h3-8,11,13,21-22H,9-10,12H2,1-2H3. The second-order valence-corrected chi connectivity index (χ2v) is 5.72. The van der Waals surface area contributed by atoms with Crippen molar-refractivity contribution in [2.24, 2.45) is 0 Å². The maximum absolute atomic E-state index is 14.2. The molecule has 0 saturated carbocycles. The highest BCUT2D eigenvalue weighted by Crippen LogP contribution is 2.22. The second-order valence-electron chi connectivity index (χ2n) is 5.72. The lowest BCUT2D eigenvalue weighted by Gasteiger charge is -2.22. The lowest BCUT2D eigenvalue weighted by molar-refractivity contribution is -0.107. The van der Waals surface area contributed by atoms with Crippen molar-refractivity contribution in [1.29, 1.82) is 0 Å². The Bertz CT molecular complexity index is 694. The van der Waals surface area contributed by atoms with Crippen LogP contribution in [0.3, 0.4) is 0 Å². The molecule has 134 valence electrons. The van der Waals surface area contributed by atoms with Gasteiger partial charge in [-0.05, 0) is 56.1 Å². The monoisotopic (exact) mass is 348 g/mol. The van der Waals surface area contributed by atoms with Gasteiger partial charge in [-0.3, -0.25) is 10.2 Å². The highest BCUT2D eigenvalue weighted by Gasteiger charge is 2.13. The van der Waals surface area contributed by atoms with Gasteiger partial charge in [0.05, 0.1) is 5.69 Å². The van der Waals surface area contributed by atoms with Crippen LogP contribution in [0.4, 0.5) is 20.2 Å². The van der Waals surface area contributed by atoms with Gasteiger partial charge in [-0.2, -0.15) is 0 Å². The van der Waals surface area contributed by atoms with E-state index < -0.39 is 5.82 Å². The molecule has 0 aliphatic carbocycles. The molecule has 0 aliphatic heterocycles. The highest BCUT2D eigenvalue weighted by molar-refractivity contribution is 5.79. The quantitative estimate of drug-likeness (QED) is 0.540. The van der Waals surface area contributed by atoms with E-state index in [-0.39, 0.29) is 11.5 Å². The molecule has 25 heavy (non-hydrogen) atoms. The molecule has 7 heteroatoms. The Morgan fingerprint density at radius 2 is 1.84 bits per heavy atom. The maximum Gasteiger partial charge on any atom is 0.232 e. The number of halogens is 2. The Kier molecular flexibility index (Phi) is 6.85. The predicted octanol–water partition coefficient (Wildman–Crippen LogP) is 2.61. The van der Waals surface area contributed by atoms with Crippen molar-refractivity contribution >= 4 is 17.8 Å². The Morgan fingerprint density at radius 1 is 1.12 bits per heavy atom. The topological polar surface area (TPSA) is 47.6 Å². The van der Waals surface area contributed by atoms with Gasteiger partial charge in [-0.15, -0.1) is 0 Å². The van der Waals surface area contributed by atoms with Crippen LogP contribution < -0.4 is 15.8 Å². The molecule has 0 saturated heterocycles. The second kappa shape index (κ2) is 9.10. The molecule has 2 aromatic carbocycles. The minimum Gasteiger partial charge on any atom is -0.318 e. The number of nitrogens with one attached hydrogen (secondary N) is 2. The van der Waals surface area contributed by atoms with Crippen molar-refractivity contribution in [3.8, 4) is 0 Å². The Labute approximate surface area is 146 Å². The van der Waals surface area contributed by atoms with Crippen molar-refractivity contribution in [1.82, 2.24) is 10.2 Å². The number of benzene rings is 2. The van der Waals surface area contributed by atoms with E-state index in [0.29, 0.717) is 18.6 Å². The number of hydrogen-bond acceptors (Lipinski definition) is 4. The van der Waals surface area contributed by atoms with Crippen molar-refractivity contribution in [2.45, 2.75) is 6.54 Å². The summed E-state index contributed by atoms with van der Waals surface area (Å²) in [6, 6.07) is 10.1. The molecular formula is C18H22F2N4O. The average Bonchev–Trinajstić information content (AvgIpc) is 2.61. The predicted molar refractivity (Wildman–Crippen MR) is 95.2 cm³/mol. The van der Waals surface area contributed by atoms with E-state index in [1.54, 1.807) is 12.1 Å². The fourth-order valence-corrected chi connectivity index (χ4v) is 2.34. The Hall–Kier alpha value is -2.51. The number of anilines is 2. The molecule has 0 fully saturated rings. The number of carbonyl (C=O) groups is 1.